The van der Waals surface area contributed by atoms with Crippen LogP contribution in [0.25, 0.3) is 0 Å². The molecule has 0 aliphatic heterocycles. The van der Waals surface area contributed by atoms with E-state index in [4.69, 9.17) is 0 Å². The van der Waals surface area contributed by atoms with E-state index < -0.39 is 18.8 Å². The van der Waals surface area contributed by atoms with Gasteiger partial charge in [-0.1, -0.05) is 29.8 Å². The highest BCUT2D eigenvalue weighted by Gasteiger charge is 2.44. The van der Waals surface area contributed by atoms with Gasteiger partial charge < -0.3 is 10.1 Å². The zero-order valence-corrected chi connectivity index (χ0v) is 15.0. The van der Waals surface area contributed by atoms with E-state index in [-0.39, 0.29) is 23.6 Å². The summed E-state index contributed by atoms with van der Waals surface area (Å²) in [6.45, 7) is 2.35. The maximum Gasteiger partial charge on any atom is 0.422 e. The van der Waals surface area contributed by atoms with Gasteiger partial charge in [0.05, 0.1) is 24.1 Å². The van der Waals surface area contributed by atoms with Gasteiger partial charge in [-0.15, -0.1) is 0 Å². The second kappa shape index (κ2) is 7.54. The van der Waals surface area contributed by atoms with E-state index >= 15 is 0 Å². The van der Waals surface area contributed by atoms with E-state index in [9.17, 15) is 18.0 Å². The highest BCUT2D eigenvalue weighted by Crippen LogP contribution is 2.47. The molecule has 1 saturated carbocycles. The minimum Gasteiger partial charge on any atom is -0.467 e. The largest absolute Gasteiger partial charge is 0.467 e. The van der Waals surface area contributed by atoms with Gasteiger partial charge in [-0.3, -0.25) is 9.78 Å². The van der Waals surface area contributed by atoms with Gasteiger partial charge in [-0.05, 0) is 31.7 Å². The molecule has 1 aromatic heterocycles. The van der Waals surface area contributed by atoms with Crippen LogP contribution in [0.1, 0.15) is 42.1 Å². The van der Waals surface area contributed by atoms with E-state index in [1.165, 1.54) is 6.20 Å². The van der Waals surface area contributed by atoms with E-state index in [2.05, 4.69) is 26.1 Å². The van der Waals surface area contributed by atoms with Crippen LogP contribution in [-0.4, -0.2) is 28.7 Å². The first-order chi connectivity index (χ1) is 12.7. The minimum absolute atomic E-state index is 0.0618. The van der Waals surface area contributed by atoms with Crippen molar-refractivity contribution >= 4 is 5.91 Å². The molecule has 27 heavy (non-hydrogen) atoms. The Kier molecular flexibility index (Phi) is 5.34. The Morgan fingerprint density at radius 1 is 1.33 bits per heavy atom. The topological polar surface area (TPSA) is 64.1 Å². The van der Waals surface area contributed by atoms with Crippen LogP contribution in [0, 0.1) is 12.8 Å². The van der Waals surface area contributed by atoms with Crippen molar-refractivity contribution in [1.82, 2.24) is 15.3 Å². The molecule has 1 aromatic carbocycles. The molecule has 1 aliphatic carbocycles. The van der Waals surface area contributed by atoms with Gasteiger partial charge in [0.2, 0.25) is 11.8 Å². The maximum absolute atomic E-state index is 12.4. The van der Waals surface area contributed by atoms with E-state index in [1.54, 1.807) is 6.92 Å². The number of rotatable bonds is 6. The number of nitrogens with one attached hydrogen (secondary N) is 1. The number of amides is 1. The molecule has 0 spiro atoms. The van der Waals surface area contributed by atoms with Crippen LogP contribution in [0.15, 0.2) is 36.7 Å². The number of halogens is 3. The Labute approximate surface area is 155 Å². The molecule has 0 saturated heterocycles. The number of hydrogen-bond donors (Lipinski definition) is 1. The van der Waals surface area contributed by atoms with E-state index in [1.807, 2.05) is 25.1 Å². The molecule has 1 aliphatic rings. The number of aromatic nitrogens is 2. The third kappa shape index (κ3) is 5.18. The standard InChI is InChI=1S/C19H20F3N3O2/c1-11-4-3-5-13(6-11)14-7-15(14)18(26)25-12(2)16-8-24-17(9-23-16)27-10-19(20,21)22/h3-6,8-9,12,14-15H,7,10H2,1-2H3,(H,25,26)/t12-,14+,15-/m1/s1. The van der Waals surface area contributed by atoms with Crippen LogP contribution < -0.4 is 10.1 Å². The van der Waals surface area contributed by atoms with Crippen molar-refractivity contribution in [2.24, 2.45) is 5.92 Å². The molecule has 8 heteroatoms. The van der Waals surface area contributed by atoms with E-state index in [0.29, 0.717) is 5.69 Å². The maximum atomic E-state index is 12.4. The normalized spacial score (nSPS) is 20.0. The van der Waals surface area contributed by atoms with Crippen molar-refractivity contribution < 1.29 is 22.7 Å². The lowest BCUT2D eigenvalue weighted by atomic mass is 10.1. The van der Waals surface area contributed by atoms with Crippen LogP contribution in [-0.2, 0) is 4.79 Å². The second-order valence-electron chi connectivity index (χ2n) is 6.78. The monoisotopic (exact) mass is 379 g/mol. The SMILES string of the molecule is Cc1cccc([C@@H]2C[C@H]2C(=O)N[C@H](C)c2cnc(OCC(F)(F)F)cn2)c1. The fraction of sp³-hybridized carbons (Fsp3) is 0.421. The smallest absolute Gasteiger partial charge is 0.422 e. The summed E-state index contributed by atoms with van der Waals surface area (Å²) in [6.07, 6.45) is -1.20. The molecule has 0 unspecified atom stereocenters. The van der Waals surface area contributed by atoms with Crippen LogP contribution in [0.3, 0.4) is 0 Å². The average molecular weight is 379 g/mol. The number of benzene rings is 1. The summed E-state index contributed by atoms with van der Waals surface area (Å²) in [5, 5.41) is 2.89. The minimum atomic E-state index is -4.43. The number of carbonyl (C=O) groups is 1. The molecule has 3 atom stereocenters. The summed E-state index contributed by atoms with van der Waals surface area (Å²) in [4.78, 5) is 20.3. The van der Waals surface area contributed by atoms with Gasteiger partial charge in [0, 0.05) is 5.92 Å². The van der Waals surface area contributed by atoms with Crippen LogP contribution in [0.4, 0.5) is 13.2 Å². The highest BCUT2D eigenvalue weighted by molar-refractivity contribution is 5.83. The summed E-state index contributed by atoms with van der Waals surface area (Å²) < 4.78 is 40.9. The lowest BCUT2D eigenvalue weighted by Gasteiger charge is -2.14. The summed E-state index contributed by atoms with van der Waals surface area (Å²) >= 11 is 0. The van der Waals surface area contributed by atoms with Gasteiger partial charge in [0.25, 0.3) is 0 Å². The van der Waals surface area contributed by atoms with Gasteiger partial charge >= 0.3 is 6.18 Å². The third-order valence-corrected chi connectivity index (χ3v) is 4.43. The fourth-order valence-electron chi connectivity index (χ4n) is 2.93. The molecule has 5 nitrogen and oxygen atoms in total. The molecule has 1 fully saturated rings. The average Bonchev–Trinajstić information content (AvgIpc) is 3.41. The zero-order valence-electron chi connectivity index (χ0n) is 15.0. The van der Waals surface area contributed by atoms with Gasteiger partial charge in [0.1, 0.15) is 0 Å². The summed E-state index contributed by atoms with van der Waals surface area (Å²) in [6, 6.07) is 7.72. The molecule has 0 radical (unpaired) electrons. The molecular weight excluding hydrogens is 359 g/mol. The first-order valence-electron chi connectivity index (χ1n) is 8.61. The molecular formula is C19H20F3N3O2. The number of nitrogens with zero attached hydrogens (tertiary/aromatic N) is 2. The van der Waals surface area contributed by atoms with Crippen molar-refractivity contribution in [3.63, 3.8) is 0 Å². The van der Waals surface area contributed by atoms with E-state index in [0.717, 1.165) is 23.7 Å². The Bertz CT molecular complexity index is 809. The molecule has 2 aromatic rings. The summed E-state index contributed by atoms with van der Waals surface area (Å²) in [7, 11) is 0. The zero-order chi connectivity index (χ0) is 19.6. The number of ether oxygens (including phenoxy) is 1. The number of hydrogen-bond acceptors (Lipinski definition) is 4. The van der Waals surface area contributed by atoms with Crippen LogP contribution >= 0.6 is 0 Å². The highest BCUT2D eigenvalue weighted by atomic mass is 19.4. The van der Waals surface area contributed by atoms with Crippen molar-refractivity contribution in [2.45, 2.75) is 38.4 Å². The molecule has 3 rings (SSSR count). The number of aryl methyl sites for hydroxylation is 1. The van der Waals surface area contributed by atoms with Crippen LogP contribution in [0.2, 0.25) is 0 Å². The Morgan fingerprint density at radius 2 is 2.11 bits per heavy atom. The van der Waals surface area contributed by atoms with Crippen molar-refractivity contribution in [3.05, 3.63) is 53.5 Å². The van der Waals surface area contributed by atoms with Gasteiger partial charge in [-0.2, -0.15) is 13.2 Å². The lowest BCUT2D eigenvalue weighted by molar-refractivity contribution is -0.154. The predicted octanol–water partition coefficient (Wildman–Crippen LogP) is 3.71. The number of alkyl halides is 3. The van der Waals surface area contributed by atoms with Crippen molar-refractivity contribution in [2.75, 3.05) is 6.61 Å². The number of carbonyl (C=O) groups excluding carboxylic acids is 1. The predicted molar refractivity (Wildman–Crippen MR) is 92.2 cm³/mol. The molecule has 1 N–H and O–H groups in total. The quantitative estimate of drug-likeness (QED) is 0.831. The summed E-state index contributed by atoms with van der Waals surface area (Å²) in [5.41, 5.74) is 2.78. The molecule has 1 amide bonds. The third-order valence-electron chi connectivity index (χ3n) is 4.43. The Morgan fingerprint density at radius 3 is 2.74 bits per heavy atom. The van der Waals surface area contributed by atoms with Crippen molar-refractivity contribution in [3.8, 4) is 5.88 Å². The van der Waals surface area contributed by atoms with Crippen molar-refractivity contribution in [1.29, 1.82) is 0 Å². The van der Waals surface area contributed by atoms with Crippen LogP contribution in [0.5, 0.6) is 5.88 Å². The lowest BCUT2D eigenvalue weighted by Crippen LogP contribution is -2.29. The molecule has 0 bridgehead atoms. The molecule has 1 heterocycles. The molecule has 144 valence electrons. The van der Waals surface area contributed by atoms with Gasteiger partial charge in [-0.25, -0.2) is 4.98 Å². The first-order valence-corrected chi connectivity index (χ1v) is 8.61. The Balaban J connectivity index is 1.53. The fourth-order valence-corrected chi connectivity index (χ4v) is 2.93. The second-order valence-corrected chi connectivity index (χ2v) is 6.78. The summed E-state index contributed by atoms with van der Waals surface area (Å²) in [5.74, 6) is -0.123. The van der Waals surface area contributed by atoms with Gasteiger partial charge in [0.15, 0.2) is 6.61 Å². The first kappa shape index (κ1) is 19.1. The Hall–Kier alpha value is -2.64.